The fourth-order valence-corrected chi connectivity index (χ4v) is 3.36. The molecule has 0 fully saturated rings. The van der Waals surface area contributed by atoms with E-state index in [2.05, 4.69) is 14.4 Å². The van der Waals surface area contributed by atoms with Gasteiger partial charge in [-0.1, -0.05) is 6.07 Å². The Morgan fingerprint density at radius 1 is 1.43 bits per heavy atom. The van der Waals surface area contributed by atoms with Crippen LogP contribution in [0.25, 0.3) is 5.52 Å². The van der Waals surface area contributed by atoms with Crippen LogP contribution in [0.4, 0.5) is 0 Å². The number of H-pyrrole nitrogens is 1. The van der Waals surface area contributed by atoms with Gasteiger partial charge in [0.15, 0.2) is 5.78 Å². The summed E-state index contributed by atoms with van der Waals surface area (Å²) in [6.45, 7) is 2.04. The number of aryl methyl sites for hydroxylation is 2. The fourth-order valence-electron chi connectivity index (χ4n) is 3.36. The molecular weight excluding hydrogens is 262 g/mol. The van der Waals surface area contributed by atoms with Crippen LogP contribution in [0.3, 0.4) is 0 Å². The second-order valence-electron chi connectivity index (χ2n) is 5.79. The topological polar surface area (TPSA) is 50.2 Å². The van der Waals surface area contributed by atoms with Gasteiger partial charge in [0.1, 0.15) is 0 Å². The minimum atomic E-state index is 0.0478. The van der Waals surface area contributed by atoms with Gasteiger partial charge >= 0.3 is 0 Å². The van der Waals surface area contributed by atoms with Crippen molar-refractivity contribution in [2.45, 2.75) is 26.2 Å². The maximum absolute atomic E-state index is 12.9. The van der Waals surface area contributed by atoms with Crippen molar-refractivity contribution in [1.82, 2.24) is 14.4 Å². The SMILES string of the molecule is Cc1cc(C(=O)C2CCc3[nH]cnc3C2)c2ccccn12. The monoisotopic (exact) mass is 279 g/mol. The molecule has 3 aromatic heterocycles. The van der Waals surface area contributed by atoms with Crippen molar-refractivity contribution in [2.24, 2.45) is 5.92 Å². The Morgan fingerprint density at radius 3 is 3.24 bits per heavy atom. The van der Waals surface area contributed by atoms with E-state index in [0.717, 1.165) is 41.7 Å². The molecule has 21 heavy (non-hydrogen) atoms. The van der Waals surface area contributed by atoms with E-state index < -0.39 is 0 Å². The minimum absolute atomic E-state index is 0.0478. The smallest absolute Gasteiger partial charge is 0.168 e. The highest BCUT2D eigenvalue weighted by Crippen LogP contribution is 2.28. The van der Waals surface area contributed by atoms with E-state index >= 15 is 0 Å². The van der Waals surface area contributed by atoms with Crippen LogP contribution >= 0.6 is 0 Å². The standard InChI is InChI=1S/C17H17N3O/c1-11-8-13(16-4-2-3-7-20(11)16)17(21)12-5-6-14-15(9-12)19-10-18-14/h2-4,7-8,10,12H,5-6,9H2,1H3,(H,18,19). The number of rotatable bonds is 2. The third kappa shape index (κ3) is 1.90. The van der Waals surface area contributed by atoms with Crippen LogP contribution in [0.5, 0.6) is 0 Å². The third-order valence-electron chi connectivity index (χ3n) is 4.50. The zero-order chi connectivity index (χ0) is 14.4. The predicted octanol–water partition coefficient (Wildman–Crippen LogP) is 2.96. The molecule has 0 saturated heterocycles. The van der Waals surface area contributed by atoms with Crippen LogP contribution in [-0.2, 0) is 12.8 Å². The average molecular weight is 279 g/mol. The Bertz CT molecular complexity index is 828. The number of aromatic amines is 1. The first kappa shape index (κ1) is 12.4. The molecule has 1 aliphatic rings. The van der Waals surface area contributed by atoms with E-state index in [-0.39, 0.29) is 11.7 Å². The molecule has 3 heterocycles. The zero-order valence-corrected chi connectivity index (χ0v) is 12.0. The van der Waals surface area contributed by atoms with Gasteiger partial charge in [0.25, 0.3) is 0 Å². The van der Waals surface area contributed by atoms with Crippen molar-refractivity contribution in [3.05, 3.63) is 59.4 Å². The first-order chi connectivity index (χ1) is 10.2. The number of aromatic nitrogens is 3. The van der Waals surface area contributed by atoms with Gasteiger partial charge in [0, 0.05) is 35.5 Å². The first-order valence-corrected chi connectivity index (χ1v) is 7.36. The number of ketones is 1. The molecule has 4 rings (SSSR count). The van der Waals surface area contributed by atoms with Gasteiger partial charge < -0.3 is 9.38 Å². The quantitative estimate of drug-likeness (QED) is 0.733. The fraction of sp³-hybridized carbons (Fsp3) is 0.294. The van der Waals surface area contributed by atoms with Crippen LogP contribution in [0.2, 0.25) is 0 Å². The molecule has 4 heteroatoms. The molecule has 0 aromatic carbocycles. The van der Waals surface area contributed by atoms with Crippen LogP contribution < -0.4 is 0 Å². The van der Waals surface area contributed by atoms with Crippen molar-refractivity contribution >= 4 is 11.3 Å². The summed E-state index contributed by atoms with van der Waals surface area (Å²) in [5.74, 6) is 0.298. The molecule has 106 valence electrons. The molecule has 1 atom stereocenters. The number of Topliss-reactive ketones (excluding diaryl/α,β-unsaturated/α-hetero) is 1. The second kappa shape index (κ2) is 4.58. The van der Waals surface area contributed by atoms with E-state index in [4.69, 9.17) is 0 Å². The third-order valence-corrected chi connectivity index (χ3v) is 4.50. The van der Waals surface area contributed by atoms with Crippen molar-refractivity contribution in [2.75, 3.05) is 0 Å². The molecular formula is C17H17N3O. The summed E-state index contributed by atoms with van der Waals surface area (Å²) in [5.41, 5.74) is 5.20. The minimum Gasteiger partial charge on any atom is -0.348 e. The number of fused-ring (bicyclic) bond motifs is 2. The number of nitrogens with one attached hydrogen (secondary N) is 1. The average Bonchev–Trinajstić information content (AvgIpc) is 3.11. The Labute approximate surface area is 122 Å². The number of hydrogen-bond donors (Lipinski definition) is 1. The van der Waals surface area contributed by atoms with Gasteiger partial charge in [0.2, 0.25) is 0 Å². The number of carbonyl (C=O) groups excluding carboxylic acids is 1. The maximum atomic E-state index is 12.9. The Balaban J connectivity index is 1.71. The Morgan fingerprint density at radius 2 is 2.33 bits per heavy atom. The molecule has 0 bridgehead atoms. The first-order valence-electron chi connectivity index (χ1n) is 7.36. The lowest BCUT2D eigenvalue weighted by Crippen LogP contribution is -2.22. The van der Waals surface area contributed by atoms with Gasteiger partial charge in [-0.2, -0.15) is 0 Å². The Kier molecular flexibility index (Phi) is 2.70. The lowest BCUT2D eigenvalue weighted by atomic mass is 9.84. The van der Waals surface area contributed by atoms with Crippen LogP contribution in [-0.4, -0.2) is 20.2 Å². The molecule has 1 N–H and O–H groups in total. The van der Waals surface area contributed by atoms with E-state index in [0.29, 0.717) is 0 Å². The van der Waals surface area contributed by atoms with Crippen molar-refractivity contribution in [3.63, 3.8) is 0 Å². The lowest BCUT2D eigenvalue weighted by Gasteiger charge is -2.19. The number of imidazole rings is 1. The largest absolute Gasteiger partial charge is 0.348 e. The molecule has 1 unspecified atom stereocenters. The summed E-state index contributed by atoms with van der Waals surface area (Å²) in [6, 6.07) is 8.00. The van der Waals surface area contributed by atoms with E-state index in [9.17, 15) is 4.79 Å². The molecule has 0 amide bonds. The van der Waals surface area contributed by atoms with E-state index in [1.807, 2.05) is 37.4 Å². The van der Waals surface area contributed by atoms with Gasteiger partial charge in [-0.05, 0) is 38.0 Å². The summed E-state index contributed by atoms with van der Waals surface area (Å²) in [4.78, 5) is 20.4. The van der Waals surface area contributed by atoms with E-state index in [1.165, 1.54) is 5.69 Å². The summed E-state index contributed by atoms with van der Waals surface area (Å²) in [7, 11) is 0. The van der Waals surface area contributed by atoms with Crippen LogP contribution in [0.1, 0.15) is 33.9 Å². The summed E-state index contributed by atoms with van der Waals surface area (Å²) >= 11 is 0. The second-order valence-corrected chi connectivity index (χ2v) is 5.79. The molecule has 0 aliphatic heterocycles. The molecule has 4 nitrogen and oxygen atoms in total. The summed E-state index contributed by atoms with van der Waals surface area (Å²) in [6.07, 6.45) is 6.30. The predicted molar refractivity (Wildman–Crippen MR) is 80.6 cm³/mol. The lowest BCUT2D eigenvalue weighted by molar-refractivity contribution is 0.0909. The van der Waals surface area contributed by atoms with Crippen LogP contribution in [0, 0.1) is 12.8 Å². The van der Waals surface area contributed by atoms with Gasteiger partial charge in [0.05, 0.1) is 17.5 Å². The Hall–Kier alpha value is -2.36. The highest BCUT2D eigenvalue weighted by molar-refractivity contribution is 6.04. The molecule has 1 aliphatic carbocycles. The van der Waals surface area contributed by atoms with Gasteiger partial charge in [-0.25, -0.2) is 4.98 Å². The normalized spacial score (nSPS) is 17.9. The molecule has 3 aromatic rings. The molecule has 0 radical (unpaired) electrons. The number of hydrogen-bond acceptors (Lipinski definition) is 2. The van der Waals surface area contributed by atoms with Gasteiger partial charge in [-0.3, -0.25) is 4.79 Å². The highest BCUT2D eigenvalue weighted by atomic mass is 16.1. The number of nitrogens with zero attached hydrogens (tertiary/aromatic N) is 2. The van der Waals surface area contributed by atoms with Crippen molar-refractivity contribution in [3.8, 4) is 0 Å². The summed E-state index contributed by atoms with van der Waals surface area (Å²) in [5, 5.41) is 0. The number of carbonyl (C=O) groups is 1. The molecule has 0 spiro atoms. The van der Waals surface area contributed by atoms with Crippen LogP contribution in [0.15, 0.2) is 36.8 Å². The highest BCUT2D eigenvalue weighted by Gasteiger charge is 2.28. The van der Waals surface area contributed by atoms with Gasteiger partial charge in [-0.15, -0.1) is 0 Å². The van der Waals surface area contributed by atoms with Crippen molar-refractivity contribution < 1.29 is 4.79 Å². The van der Waals surface area contributed by atoms with Crippen molar-refractivity contribution in [1.29, 1.82) is 0 Å². The summed E-state index contributed by atoms with van der Waals surface area (Å²) < 4.78 is 2.08. The number of pyridine rings is 1. The maximum Gasteiger partial charge on any atom is 0.168 e. The van der Waals surface area contributed by atoms with E-state index in [1.54, 1.807) is 6.33 Å². The molecule has 0 saturated carbocycles. The zero-order valence-electron chi connectivity index (χ0n) is 12.0.